The summed E-state index contributed by atoms with van der Waals surface area (Å²) < 4.78 is 16.8. The Labute approximate surface area is 426 Å². The number of carbonyl (C=O) groups excluding carboxylic acids is 3. The minimum atomic E-state index is -0.809. The molecule has 0 aliphatic carbocycles. The first-order valence-corrected chi connectivity index (χ1v) is 29.1. The zero-order valence-corrected chi connectivity index (χ0v) is 45.3. The highest BCUT2D eigenvalue weighted by Gasteiger charge is 2.19. The number of unbranched alkanes of at least 4 members (excludes halogenated alkanes) is 27. The molecule has 0 amide bonds. The van der Waals surface area contributed by atoms with Crippen LogP contribution in [-0.2, 0) is 28.6 Å². The first-order chi connectivity index (χ1) is 34.0. The molecule has 0 aliphatic heterocycles. The minimum absolute atomic E-state index is 0.107. The van der Waals surface area contributed by atoms with Gasteiger partial charge in [-0.1, -0.05) is 247 Å². The number of ether oxygens (including phenoxy) is 3. The molecule has 0 radical (unpaired) electrons. The monoisotopic (exact) mass is 961 g/mol. The molecule has 0 saturated carbocycles. The molecule has 0 aromatic heterocycles. The van der Waals surface area contributed by atoms with Crippen LogP contribution in [0.1, 0.15) is 278 Å². The van der Waals surface area contributed by atoms with E-state index >= 15 is 0 Å². The summed E-state index contributed by atoms with van der Waals surface area (Å²) in [5.74, 6) is -0.980. The van der Waals surface area contributed by atoms with Gasteiger partial charge >= 0.3 is 17.9 Å². The van der Waals surface area contributed by atoms with Gasteiger partial charge in [0.05, 0.1) is 0 Å². The molecule has 0 aromatic rings. The molecule has 0 aliphatic rings. The molecule has 0 heterocycles. The van der Waals surface area contributed by atoms with Gasteiger partial charge < -0.3 is 14.2 Å². The summed E-state index contributed by atoms with van der Waals surface area (Å²) in [6, 6.07) is 0. The highest BCUT2D eigenvalue weighted by molar-refractivity contribution is 5.71. The lowest BCUT2D eigenvalue weighted by Crippen LogP contribution is -2.30. The fraction of sp³-hybridized carbons (Fsp3) is 0.730. The van der Waals surface area contributed by atoms with Crippen LogP contribution in [0, 0.1) is 0 Å². The van der Waals surface area contributed by atoms with Crippen molar-refractivity contribution in [1.29, 1.82) is 0 Å². The van der Waals surface area contributed by atoms with Crippen molar-refractivity contribution in [1.82, 2.24) is 0 Å². The summed E-state index contributed by atoms with van der Waals surface area (Å²) in [5, 5.41) is 0. The zero-order chi connectivity index (χ0) is 50.0. The predicted molar refractivity (Wildman–Crippen MR) is 297 cm³/mol. The van der Waals surface area contributed by atoms with E-state index in [2.05, 4.69) is 106 Å². The Bertz CT molecular complexity index is 1330. The van der Waals surface area contributed by atoms with E-state index in [1.165, 1.54) is 148 Å². The van der Waals surface area contributed by atoms with E-state index in [-0.39, 0.29) is 37.5 Å². The maximum Gasteiger partial charge on any atom is 0.306 e. The third-order valence-corrected chi connectivity index (χ3v) is 12.4. The van der Waals surface area contributed by atoms with Crippen molar-refractivity contribution in [2.75, 3.05) is 13.2 Å². The molecule has 0 aromatic carbocycles. The van der Waals surface area contributed by atoms with Gasteiger partial charge in [-0.2, -0.15) is 0 Å². The summed E-state index contributed by atoms with van der Waals surface area (Å²) in [6.45, 7) is 6.55. The number of allylic oxidation sites excluding steroid dienone is 14. The minimum Gasteiger partial charge on any atom is -0.462 e. The van der Waals surface area contributed by atoms with Crippen molar-refractivity contribution in [3.8, 4) is 0 Å². The molecule has 6 heteroatoms. The average molecular weight is 962 g/mol. The fourth-order valence-electron chi connectivity index (χ4n) is 7.97. The van der Waals surface area contributed by atoms with E-state index in [4.69, 9.17) is 14.2 Å². The Morgan fingerprint density at radius 2 is 0.536 bits per heavy atom. The number of esters is 3. The Kier molecular flexibility index (Phi) is 54.3. The highest BCUT2D eigenvalue weighted by Crippen LogP contribution is 2.15. The molecular weight excluding hydrogens is 853 g/mol. The lowest BCUT2D eigenvalue weighted by molar-refractivity contribution is -0.167. The molecular formula is C63H108O6. The topological polar surface area (TPSA) is 78.9 Å². The maximum absolute atomic E-state index is 12.9. The van der Waals surface area contributed by atoms with Crippen LogP contribution in [0.4, 0.5) is 0 Å². The van der Waals surface area contributed by atoms with Crippen LogP contribution in [-0.4, -0.2) is 37.2 Å². The fourth-order valence-corrected chi connectivity index (χ4v) is 7.97. The van der Waals surface area contributed by atoms with Crippen LogP contribution < -0.4 is 0 Å². The largest absolute Gasteiger partial charge is 0.462 e. The van der Waals surface area contributed by atoms with Crippen LogP contribution in [0.2, 0.25) is 0 Å². The summed E-state index contributed by atoms with van der Waals surface area (Å²) in [6.07, 6.45) is 74.3. The molecule has 0 bridgehead atoms. The van der Waals surface area contributed by atoms with E-state index < -0.39 is 6.10 Å². The van der Waals surface area contributed by atoms with Gasteiger partial charge in [-0.15, -0.1) is 0 Å². The van der Waals surface area contributed by atoms with Gasteiger partial charge in [-0.05, 0) is 96.3 Å². The second-order valence-corrected chi connectivity index (χ2v) is 19.2. The second-order valence-electron chi connectivity index (χ2n) is 19.2. The summed E-state index contributed by atoms with van der Waals surface area (Å²) in [4.78, 5) is 38.1. The molecule has 0 spiro atoms. The molecule has 0 rings (SSSR count). The first kappa shape index (κ1) is 65.6. The smallest absolute Gasteiger partial charge is 0.306 e. The number of hydrogen-bond donors (Lipinski definition) is 0. The van der Waals surface area contributed by atoms with Crippen LogP contribution in [0.3, 0.4) is 0 Å². The number of hydrogen-bond acceptors (Lipinski definition) is 6. The van der Waals surface area contributed by atoms with Crippen molar-refractivity contribution >= 4 is 17.9 Å². The Morgan fingerprint density at radius 1 is 0.290 bits per heavy atom. The second kappa shape index (κ2) is 57.2. The van der Waals surface area contributed by atoms with E-state index in [1.807, 2.05) is 0 Å². The van der Waals surface area contributed by atoms with Gasteiger partial charge in [-0.3, -0.25) is 14.4 Å². The van der Waals surface area contributed by atoms with Crippen molar-refractivity contribution in [3.63, 3.8) is 0 Å². The van der Waals surface area contributed by atoms with Gasteiger partial charge in [-0.25, -0.2) is 0 Å². The lowest BCUT2D eigenvalue weighted by Gasteiger charge is -2.18. The van der Waals surface area contributed by atoms with Crippen molar-refractivity contribution in [2.24, 2.45) is 0 Å². The van der Waals surface area contributed by atoms with Crippen LogP contribution in [0.25, 0.3) is 0 Å². The molecule has 6 nitrogen and oxygen atoms in total. The first-order valence-electron chi connectivity index (χ1n) is 29.1. The van der Waals surface area contributed by atoms with Gasteiger partial charge in [0.2, 0.25) is 0 Å². The molecule has 0 saturated heterocycles. The molecule has 1 atom stereocenters. The van der Waals surface area contributed by atoms with E-state index in [9.17, 15) is 14.4 Å². The summed E-state index contributed by atoms with van der Waals surface area (Å²) in [7, 11) is 0. The average Bonchev–Trinajstić information content (AvgIpc) is 3.35. The van der Waals surface area contributed by atoms with Crippen molar-refractivity contribution in [2.45, 2.75) is 284 Å². The number of carbonyl (C=O) groups is 3. The molecule has 69 heavy (non-hydrogen) atoms. The van der Waals surface area contributed by atoms with E-state index in [0.717, 1.165) is 83.5 Å². The van der Waals surface area contributed by atoms with E-state index in [0.29, 0.717) is 19.3 Å². The standard InChI is InChI=1S/C63H108O6/c1-4-7-10-13-16-19-22-25-28-30-31-33-36-38-41-44-47-50-53-56-62(65)68-59-60(69-63(66)57-54-51-48-45-42-39-34-27-24-21-18-15-12-9-6-3)58-67-61(64)55-52-49-46-43-40-37-35-32-29-26-23-20-17-14-11-8-5-2/h16,19,25-26,28-29,31,33,35,37-38,41,43,46,60H,4-15,17-18,20-24,27,30,32,34,36,39-40,42,44-45,47-59H2,1-3H3/b19-16-,28-25-,29-26-,33-31-,37-35-,41-38-,46-43-/t60-/m0/s1. The highest BCUT2D eigenvalue weighted by atomic mass is 16.6. The van der Waals surface area contributed by atoms with Gasteiger partial charge in [0.15, 0.2) is 6.10 Å². The summed E-state index contributed by atoms with van der Waals surface area (Å²) in [5.41, 5.74) is 0. The van der Waals surface area contributed by atoms with Crippen LogP contribution >= 0.6 is 0 Å². The quantitative estimate of drug-likeness (QED) is 0.0262. The Morgan fingerprint density at radius 3 is 0.913 bits per heavy atom. The maximum atomic E-state index is 12.9. The van der Waals surface area contributed by atoms with Crippen LogP contribution in [0.15, 0.2) is 85.1 Å². The Balaban J connectivity index is 4.50. The van der Waals surface area contributed by atoms with Gasteiger partial charge in [0.25, 0.3) is 0 Å². The number of rotatable bonds is 52. The SMILES string of the molecule is CCCCC/C=C\C/C=C\C/C=C\C/C=C\CCCCCC(=O)OC[C@H](COC(=O)CCC/C=C\C/C=C\C/C=C\CCCCCCCC)OC(=O)CCCCCCCCCCCCCCCCC. The lowest BCUT2D eigenvalue weighted by atomic mass is 10.0. The normalized spacial score (nSPS) is 12.7. The van der Waals surface area contributed by atoms with E-state index in [1.54, 1.807) is 0 Å². The molecule has 0 fully saturated rings. The Hall–Kier alpha value is -3.41. The third kappa shape index (κ3) is 55.4. The molecule has 0 N–H and O–H groups in total. The summed E-state index contributed by atoms with van der Waals surface area (Å²) >= 11 is 0. The molecule has 396 valence electrons. The van der Waals surface area contributed by atoms with Crippen molar-refractivity contribution < 1.29 is 28.6 Å². The van der Waals surface area contributed by atoms with Gasteiger partial charge in [0.1, 0.15) is 13.2 Å². The zero-order valence-electron chi connectivity index (χ0n) is 45.3. The molecule has 0 unspecified atom stereocenters. The third-order valence-electron chi connectivity index (χ3n) is 12.4. The van der Waals surface area contributed by atoms with Gasteiger partial charge in [0, 0.05) is 19.3 Å². The van der Waals surface area contributed by atoms with Crippen LogP contribution in [0.5, 0.6) is 0 Å². The predicted octanol–water partition coefficient (Wildman–Crippen LogP) is 19.5. The van der Waals surface area contributed by atoms with Crippen molar-refractivity contribution in [3.05, 3.63) is 85.1 Å².